The number of rotatable bonds is 12. The second-order valence-electron chi connectivity index (χ2n) is 13.2. The smallest absolute Gasteiger partial charge is 0.433 e. The summed E-state index contributed by atoms with van der Waals surface area (Å²) in [5, 5.41) is 11.9. The maximum Gasteiger partial charge on any atom is 0.433 e. The van der Waals surface area contributed by atoms with Gasteiger partial charge in [-0.25, -0.2) is 14.8 Å². The molecule has 0 radical (unpaired) electrons. The van der Waals surface area contributed by atoms with Crippen molar-refractivity contribution in [1.82, 2.24) is 9.97 Å². The summed E-state index contributed by atoms with van der Waals surface area (Å²) in [7, 11) is 0. The number of carboxylic acid groups (broad SMARTS) is 1. The van der Waals surface area contributed by atoms with Crippen LogP contribution in [0.25, 0.3) is 0 Å². The summed E-state index contributed by atoms with van der Waals surface area (Å²) in [6, 6.07) is 2.88. The zero-order valence-corrected chi connectivity index (χ0v) is 29.5. The van der Waals surface area contributed by atoms with E-state index in [1.165, 1.54) is 11.1 Å². The van der Waals surface area contributed by atoms with E-state index in [1.807, 2.05) is 4.90 Å². The maximum atomic E-state index is 14.0. The standard InChI is InChI=1S/C36H38F9N5O5/c1-2-25-19-27(31-28(7-8-29(48-31)36(43,44)45)50(25)33(53)55-11-5-3-4-6-30(51)52)47-32-22(17-26(20-46-32)49-9-12-54-13-10-49)14-21-15-23(34(37,38)39)18-24(16-21)35(40,41)42/h7-8,15-18,20,25,27H,2-6,9-14,19H2,1H3,(H,46,47)(H,51,52)/t25-,27+/m1/s1. The lowest BCUT2D eigenvalue weighted by Gasteiger charge is -2.40. The lowest BCUT2D eigenvalue weighted by molar-refractivity contribution is -0.143. The monoisotopic (exact) mass is 791 g/mol. The van der Waals surface area contributed by atoms with E-state index in [0.717, 1.165) is 6.07 Å². The molecular weight excluding hydrogens is 753 g/mol. The van der Waals surface area contributed by atoms with Gasteiger partial charge in [-0.3, -0.25) is 9.69 Å². The predicted octanol–water partition coefficient (Wildman–Crippen LogP) is 8.88. The number of hydrogen-bond donors (Lipinski definition) is 2. The molecule has 19 heteroatoms. The number of fused-ring (bicyclic) bond motifs is 1. The first-order valence-electron chi connectivity index (χ1n) is 17.5. The predicted molar refractivity (Wildman–Crippen MR) is 181 cm³/mol. The Balaban J connectivity index is 1.53. The average molecular weight is 792 g/mol. The van der Waals surface area contributed by atoms with Gasteiger partial charge in [0.2, 0.25) is 0 Å². The molecule has 10 nitrogen and oxygen atoms in total. The molecule has 5 rings (SSSR count). The van der Waals surface area contributed by atoms with Crippen molar-refractivity contribution < 1.29 is 63.7 Å². The van der Waals surface area contributed by atoms with Crippen molar-refractivity contribution in [3.8, 4) is 0 Å². The number of unbranched alkanes of at least 4 members (excludes halogenated alkanes) is 2. The third kappa shape index (κ3) is 10.5. The van der Waals surface area contributed by atoms with Gasteiger partial charge < -0.3 is 24.8 Å². The van der Waals surface area contributed by atoms with Crippen molar-refractivity contribution in [1.29, 1.82) is 0 Å². The Morgan fingerprint density at radius 3 is 2.20 bits per heavy atom. The Labute approximate surface area is 309 Å². The van der Waals surface area contributed by atoms with Gasteiger partial charge in [-0.2, -0.15) is 39.5 Å². The number of benzene rings is 1. The number of nitrogens with zero attached hydrogens (tertiary/aromatic N) is 4. The van der Waals surface area contributed by atoms with Crippen LogP contribution < -0.4 is 15.1 Å². The fourth-order valence-electron chi connectivity index (χ4n) is 6.54. The van der Waals surface area contributed by atoms with Gasteiger partial charge in [0, 0.05) is 37.5 Å². The maximum absolute atomic E-state index is 14.0. The third-order valence-corrected chi connectivity index (χ3v) is 9.27. The molecule has 1 amide bonds. The molecular formula is C36H38F9N5O5. The van der Waals surface area contributed by atoms with E-state index in [2.05, 4.69) is 15.3 Å². The normalized spacial score (nSPS) is 17.9. The number of hydrogen-bond acceptors (Lipinski definition) is 8. The number of amides is 1. The largest absolute Gasteiger partial charge is 0.481 e. The van der Waals surface area contributed by atoms with Crippen LogP contribution in [0.4, 0.5) is 61.5 Å². The summed E-state index contributed by atoms with van der Waals surface area (Å²) in [6.07, 6.45) is -13.6. The highest BCUT2D eigenvalue weighted by molar-refractivity contribution is 5.90. The number of nitrogens with one attached hydrogen (secondary N) is 1. The van der Waals surface area contributed by atoms with Crippen LogP contribution in [-0.2, 0) is 39.2 Å². The van der Waals surface area contributed by atoms with Crippen molar-refractivity contribution in [3.05, 3.63) is 76.2 Å². The highest BCUT2D eigenvalue weighted by Crippen LogP contribution is 2.43. The number of halogens is 9. The van der Waals surface area contributed by atoms with Crippen LogP contribution in [0.2, 0.25) is 0 Å². The second kappa shape index (κ2) is 16.9. The van der Waals surface area contributed by atoms with Gasteiger partial charge in [-0.05, 0) is 74.1 Å². The van der Waals surface area contributed by atoms with Crippen molar-refractivity contribution in [2.24, 2.45) is 0 Å². The summed E-state index contributed by atoms with van der Waals surface area (Å²) in [5.74, 6) is -0.992. The fourth-order valence-corrected chi connectivity index (χ4v) is 6.54. The van der Waals surface area contributed by atoms with E-state index in [9.17, 15) is 49.1 Å². The molecule has 1 saturated heterocycles. The number of anilines is 3. The Morgan fingerprint density at radius 2 is 1.60 bits per heavy atom. The minimum absolute atomic E-state index is 0.00124. The number of aliphatic carboxylic acids is 1. The molecule has 3 aromatic rings. The Hall–Kier alpha value is -4.81. The molecule has 2 N–H and O–H groups in total. The Kier molecular flexibility index (Phi) is 12.7. The number of carbonyl (C=O) groups excluding carboxylic acids is 1. The molecule has 2 aliphatic heterocycles. The molecule has 2 aromatic heterocycles. The van der Waals surface area contributed by atoms with Crippen LogP contribution in [0.1, 0.15) is 85.1 Å². The topological polar surface area (TPSA) is 117 Å². The molecule has 0 bridgehead atoms. The Bertz CT molecular complexity index is 1800. The van der Waals surface area contributed by atoms with Crippen molar-refractivity contribution in [2.75, 3.05) is 48.0 Å². The third-order valence-electron chi connectivity index (χ3n) is 9.27. The number of alkyl halides is 9. The average Bonchev–Trinajstić information content (AvgIpc) is 3.12. The molecule has 1 aromatic carbocycles. The molecule has 300 valence electrons. The van der Waals surface area contributed by atoms with Gasteiger partial charge in [0.1, 0.15) is 11.5 Å². The summed E-state index contributed by atoms with van der Waals surface area (Å²) < 4.78 is 135. The van der Waals surface area contributed by atoms with Crippen molar-refractivity contribution in [2.45, 2.75) is 82.5 Å². The van der Waals surface area contributed by atoms with Gasteiger partial charge in [0.15, 0.2) is 0 Å². The van der Waals surface area contributed by atoms with Crippen LogP contribution in [0.3, 0.4) is 0 Å². The van der Waals surface area contributed by atoms with E-state index in [4.69, 9.17) is 14.6 Å². The van der Waals surface area contributed by atoms with Gasteiger partial charge in [-0.15, -0.1) is 0 Å². The first-order valence-corrected chi connectivity index (χ1v) is 17.5. The molecule has 1 fully saturated rings. The van der Waals surface area contributed by atoms with Gasteiger partial charge in [-0.1, -0.05) is 6.92 Å². The summed E-state index contributed by atoms with van der Waals surface area (Å²) >= 11 is 0. The fraction of sp³-hybridized carbons (Fsp3) is 0.500. The van der Waals surface area contributed by atoms with Crippen molar-refractivity contribution >= 4 is 29.3 Å². The molecule has 0 saturated carbocycles. The quantitative estimate of drug-likeness (QED) is 0.137. The highest BCUT2D eigenvalue weighted by Gasteiger charge is 2.41. The van der Waals surface area contributed by atoms with E-state index in [1.54, 1.807) is 13.0 Å². The van der Waals surface area contributed by atoms with Crippen LogP contribution in [0, 0.1) is 0 Å². The molecule has 4 heterocycles. The number of morpholine rings is 1. The van der Waals surface area contributed by atoms with Gasteiger partial charge in [0.05, 0.1) is 60.3 Å². The van der Waals surface area contributed by atoms with Crippen LogP contribution in [0.15, 0.2) is 42.6 Å². The molecule has 55 heavy (non-hydrogen) atoms. The van der Waals surface area contributed by atoms with Gasteiger partial charge >= 0.3 is 30.6 Å². The number of ether oxygens (including phenoxy) is 2. The highest BCUT2D eigenvalue weighted by atomic mass is 19.4. The summed E-state index contributed by atoms with van der Waals surface area (Å²) in [4.78, 5) is 35.6. The van der Waals surface area contributed by atoms with Crippen molar-refractivity contribution in [3.63, 3.8) is 0 Å². The zero-order valence-electron chi connectivity index (χ0n) is 29.5. The first-order chi connectivity index (χ1) is 25.8. The molecule has 2 atom stereocenters. The lowest BCUT2D eigenvalue weighted by Crippen LogP contribution is -2.46. The number of pyridine rings is 2. The lowest BCUT2D eigenvalue weighted by atomic mass is 9.92. The molecule has 0 unspecified atom stereocenters. The van der Waals surface area contributed by atoms with Crippen LogP contribution in [0.5, 0.6) is 0 Å². The summed E-state index contributed by atoms with van der Waals surface area (Å²) in [6.45, 7) is 3.20. The number of aromatic nitrogens is 2. The minimum Gasteiger partial charge on any atom is -0.481 e. The van der Waals surface area contributed by atoms with E-state index >= 15 is 0 Å². The molecule has 0 aliphatic carbocycles. The SMILES string of the molecule is CC[C@@H]1C[C@H](Nc2ncc(N3CCOCC3)cc2Cc2cc(C(F)(F)F)cc(C(F)(F)F)c2)c2nc(C(F)(F)F)ccc2N1C(=O)OCCCCCC(=O)O. The van der Waals surface area contributed by atoms with Crippen LogP contribution in [-0.4, -0.2) is 66.1 Å². The molecule has 2 aliphatic rings. The number of carbonyl (C=O) groups is 2. The van der Waals surface area contributed by atoms with E-state index in [-0.39, 0.29) is 53.8 Å². The van der Waals surface area contributed by atoms with Crippen LogP contribution >= 0.6 is 0 Å². The first kappa shape index (κ1) is 41.4. The van der Waals surface area contributed by atoms with E-state index in [0.29, 0.717) is 75.9 Å². The summed E-state index contributed by atoms with van der Waals surface area (Å²) in [5.41, 5.74) is -4.17. The molecule has 0 spiro atoms. The van der Waals surface area contributed by atoms with E-state index < -0.39 is 65.9 Å². The van der Waals surface area contributed by atoms with Gasteiger partial charge in [0.25, 0.3) is 0 Å². The number of carboxylic acids is 1. The zero-order chi connectivity index (χ0) is 40.1. The second-order valence-corrected chi connectivity index (χ2v) is 13.2. The Morgan fingerprint density at radius 1 is 0.927 bits per heavy atom. The minimum atomic E-state index is -5.10.